The molecule has 0 saturated carbocycles. The number of hydrogen-bond acceptors (Lipinski definition) is 2. The topological polar surface area (TPSA) is 49.9 Å². The van der Waals surface area contributed by atoms with E-state index in [1.165, 1.54) is 6.07 Å². The first-order valence-electron chi connectivity index (χ1n) is 3.53. The maximum absolute atomic E-state index is 12.4. The summed E-state index contributed by atoms with van der Waals surface area (Å²) in [5.41, 5.74) is 3.96. The summed E-state index contributed by atoms with van der Waals surface area (Å²) in [4.78, 5) is 0. The van der Waals surface area contributed by atoms with Gasteiger partial charge in [0.15, 0.2) is 0 Å². The minimum Gasteiger partial charge on any atom is -0.398 e. The van der Waals surface area contributed by atoms with Crippen LogP contribution in [-0.4, -0.2) is 6.21 Å². The van der Waals surface area contributed by atoms with Gasteiger partial charge in [0.2, 0.25) is 0 Å². The molecule has 0 aromatic heterocycles. The number of alkyl halides is 3. The number of benzene rings is 1. The lowest BCUT2D eigenvalue weighted by molar-refractivity contribution is -0.136. The van der Waals surface area contributed by atoms with E-state index in [4.69, 9.17) is 11.1 Å². The Bertz CT molecular complexity index is 374. The average Bonchev–Trinajstić information content (AvgIpc) is 2.06. The van der Waals surface area contributed by atoms with E-state index in [-0.39, 0.29) is 10.0 Å². The molecule has 0 aliphatic heterocycles. The first-order valence-corrected chi connectivity index (χ1v) is 4.32. The van der Waals surface area contributed by atoms with Crippen molar-refractivity contribution in [3.8, 4) is 0 Å². The van der Waals surface area contributed by atoms with Crippen LogP contribution in [0.25, 0.3) is 0 Å². The van der Waals surface area contributed by atoms with Crippen molar-refractivity contribution in [2.45, 2.75) is 6.18 Å². The van der Waals surface area contributed by atoms with Gasteiger partial charge in [-0.25, -0.2) is 0 Å². The molecule has 0 amide bonds. The third-order valence-electron chi connectivity index (χ3n) is 1.64. The Kier molecular flexibility index (Phi) is 2.84. The standard InChI is InChI=1S/C8H6BrF3N2/c9-5-1-4(3-13)7(14)6(2-5)8(10,11)12/h1-3,13H,14H2. The van der Waals surface area contributed by atoms with Crippen LogP contribution >= 0.6 is 15.9 Å². The van der Waals surface area contributed by atoms with Crippen LogP contribution in [0.2, 0.25) is 0 Å². The number of nitrogens with two attached hydrogens (primary N) is 1. The molecule has 0 saturated heterocycles. The lowest BCUT2D eigenvalue weighted by Crippen LogP contribution is -2.10. The molecule has 0 radical (unpaired) electrons. The fourth-order valence-corrected chi connectivity index (χ4v) is 1.47. The van der Waals surface area contributed by atoms with Crippen molar-refractivity contribution >= 4 is 27.8 Å². The molecule has 1 rings (SSSR count). The second-order valence-electron chi connectivity index (χ2n) is 2.60. The van der Waals surface area contributed by atoms with Gasteiger partial charge >= 0.3 is 6.18 Å². The minimum atomic E-state index is -4.49. The molecule has 0 heterocycles. The average molecular weight is 267 g/mol. The smallest absolute Gasteiger partial charge is 0.398 e. The van der Waals surface area contributed by atoms with Crippen LogP contribution in [0.3, 0.4) is 0 Å². The van der Waals surface area contributed by atoms with Crippen molar-refractivity contribution in [1.29, 1.82) is 5.41 Å². The van der Waals surface area contributed by atoms with Crippen LogP contribution in [0.15, 0.2) is 16.6 Å². The molecule has 1 aromatic carbocycles. The summed E-state index contributed by atoms with van der Waals surface area (Å²) in [6, 6.07) is 2.25. The molecule has 2 nitrogen and oxygen atoms in total. The highest BCUT2D eigenvalue weighted by atomic mass is 79.9. The minimum absolute atomic E-state index is 0.0479. The lowest BCUT2D eigenvalue weighted by Gasteiger charge is -2.12. The number of nitrogens with one attached hydrogen (secondary N) is 1. The third-order valence-corrected chi connectivity index (χ3v) is 2.10. The summed E-state index contributed by atoms with van der Waals surface area (Å²) in [5, 5.41) is 6.89. The molecule has 0 aliphatic carbocycles. The molecule has 0 unspecified atom stereocenters. The highest BCUT2D eigenvalue weighted by Crippen LogP contribution is 2.36. The second-order valence-corrected chi connectivity index (χ2v) is 3.51. The largest absolute Gasteiger partial charge is 0.418 e. The highest BCUT2D eigenvalue weighted by molar-refractivity contribution is 9.10. The Morgan fingerprint density at radius 1 is 1.36 bits per heavy atom. The quantitative estimate of drug-likeness (QED) is 0.596. The predicted octanol–water partition coefficient (Wildman–Crippen LogP) is 3.05. The molecular formula is C8H6BrF3N2. The molecule has 0 aliphatic rings. The molecule has 0 spiro atoms. The molecule has 1 aromatic rings. The van der Waals surface area contributed by atoms with Crippen LogP contribution < -0.4 is 5.73 Å². The van der Waals surface area contributed by atoms with Gasteiger partial charge in [-0.3, -0.25) is 0 Å². The molecule has 76 valence electrons. The monoisotopic (exact) mass is 266 g/mol. The van der Waals surface area contributed by atoms with Crippen LogP contribution in [0.5, 0.6) is 0 Å². The number of hydrogen-bond donors (Lipinski definition) is 2. The van der Waals surface area contributed by atoms with E-state index in [1.54, 1.807) is 0 Å². The van der Waals surface area contributed by atoms with E-state index in [0.29, 0.717) is 0 Å². The summed E-state index contributed by atoms with van der Waals surface area (Å²) >= 11 is 2.92. The SMILES string of the molecule is N=Cc1cc(Br)cc(C(F)(F)F)c1N. The summed E-state index contributed by atoms with van der Waals surface area (Å²) in [7, 11) is 0. The van der Waals surface area contributed by atoms with Gasteiger partial charge in [0.25, 0.3) is 0 Å². The molecule has 0 fully saturated rings. The first-order chi connectivity index (χ1) is 6.36. The highest BCUT2D eigenvalue weighted by Gasteiger charge is 2.33. The zero-order valence-electron chi connectivity index (χ0n) is 6.82. The number of halogens is 4. The zero-order valence-corrected chi connectivity index (χ0v) is 8.41. The van der Waals surface area contributed by atoms with Crippen molar-refractivity contribution < 1.29 is 13.2 Å². The zero-order chi connectivity index (χ0) is 10.9. The van der Waals surface area contributed by atoms with Gasteiger partial charge < -0.3 is 11.1 Å². The lowest BCUT2D eigenvalue weighted by atomic mass is 10.1. The summed E-state index contributed by atoms with van der Waals surface area (Å²) in [6.45, 7) is 0. The van der Waals surface area contributed by atoms with Gasteiger partial charge in [0.05, 0.1) is 11.3 Å². The number of nitrogen functional groups attached to an aromatic ring is 1. The molecule has 0 atom stereocenters. The number of anilines is 1. The fourth-order valence-electron chi connectivity index (χ4n) is 0.993. The van der Waals surface area contributed by atoms with E-state index >= 15 is 0 Å². The normalized spacial score (nSPS) is 11.4. The van der Waals surface area contributed by atoms with E-state index in [9.17, 15) is 13.2 Å². The van der Waals surface area contributed by atoms with Crippen LogP contribution in [-0.2, 0) is 6.18 Å². The van der Waals surface area contributed by atoms with Crippen LogP contribution in [0.4, 0.5) is 18.9 Å². The Morgan fingerprint density at radius 2 is 1.93 bits per heavy atom. The Balaban J connectivity index is 3.44. The predicted molar refractivity (Wildman–Crippen MR) is 51.4 cm³/mol. The maximum Gasteiger partial charge on any atom is 0.418 e. The first kappa shape index (κ1) is 11.0. The Hall–Kier alpha value is -1.04. The number of rotatable bonds is 1. The Morgan fingerprint density at radius 3 is 2.36 bits per heavy atom. The third kappa shape index (κ3) is 2.06. The van der Waals surface area contributed by atoms with Crippen LogP contribution in [0.1, 0.15) is 11.1 Å². The van der Waals surface area contributed by atoms with E-state index in [2.05, 4.69) is 15.9 Å². The molecule has 3 N–H and O–H groups in total. The summed E-state index contributed by atoms with van der Waals surface area (Å²) in [6.07, 6.45) is -3.71. The van der Waals surface area contributed by atoms with Crippen molar-refractivity contribution in [3.63, 3.8) is 0 Å². The van der Waals surface area contributed by atoms with Gasteiger partial charge in [0, 0.05) is 16.3 Å². The second kappa shape index (κ2) is 3.61. The van der Waals surface area contributed by atoms with E-state index in [1.807, 2.05) is 0 Å². The molecular weight excluding hydrogens is 261 g/mol. The van der Waals surface area contributed by atoms with E-state index in [0.717, 1.165) is 12.3 Å². The van der Waals surface area contributed by atoms with Gasteiger partial charge in [-0.15, -0.1) is 0 Å². The van der Waals surface area contributed by atoms with Gasteiger partial charge in [0.1, 0.15) is 0 Å². The summed E-state index contributed by atoms with van der Waals surface area (Å²) in [5.74, 6) is 0. The van der Waals surface area contributed by atoms with E-state index < -0.39 is 17.4 Å². The van der Waals surface area contributed by atoms with Crippen molar-refractivity contribution in [3.05, 3.63) is 27.7 Å². The summed E-state index contributed by atoms with van der Waals surface area (Å²) < 4.78 is 37.4. The molecule has 14 heavy (non-hydrogen) atoms. The van der Waals surface area contributed by atoms with Gasteiger partial charge in [-0.1, -0.05) is 15.9 Å². The maximum atomic E-state index is 12.4. The fraction of sp³-hybridized carbons (Fsp3) is 0.125. The van der Waals surface area contributed by atoms with Crippen LogP contribution in [0, 0.1) is 5.41 Å². The Labute approximate surface area is 86.6 Å². The van der Waals surface area contributed by atoms with Crippen molar-refractivity contribution in [1.82, 2.24) is 0 Å². The van der Waals surface area contributed by atoms with Crippen molar-refractivity contribution in [2.75, 3.05) is 5.73 Å². The van der Waals surface area contributed by atoms with Gasteiger partial charge in [-0.05, 0) is 12.1 Å². The van der Waals surface area contributed by atoms with Crippen molar-refractivity contribution in [2.24, 2.45) is 0 Å². The molecule has 6 heteroatoms. The molecule has 0 bridgehead atoms. The van der Waals surface area contributed by atoms with Gasteiger partial charge in [-0.2, -0.15) is 13.2 Å².